The van der Waals surface area contributed by atoms with Gasteiger partial charge in [-0.2, -0.15) is 0 Å². The summed E-state index contributed by atoms with van der Waals surface area (Å²) in [6.07, 6.45) is 2.56. The lowest BCUT2D eigenvalue weighted by molar-refractivity contribution is -0.145. The topological polar surface area (TPSA) is 119 Å². The molecule has 1 saturated heterocycles. The summed E-state index contributed by atoms with van der Waals surface area (Å²) < 4.78 is 27.1. The van der Waals surface area contributed by atoms with Gasteiger partial charge in [0, 0.05) is 43.3 Å². The Morgan fingerprint density at radius 2 is 1.27 bits per heavy atom. The van der Waals surface area contributed by atoms with Gasteiger partial charge in [0.15, 0.2) is 0 Å². The minimum Gasteiger partial charge on any atom is -0.399 e. The number of primary amides is 2. The van der Waals surface area contributed by atoms with Gasteiger partial charge >= 0.3 is 0 Å². The van der Waals surface area contributed by atoms with E-state index in [0.29, 0.717) is 26.2 Å². The number of hydrogen-bond acceptors (Lipinski definition) is 5. The van der Waals surface area contributed by atoms with Gasteiger partial charge in [-0.1, -0.05) is 53.9 Å². The SMILES string of the molecule is NC(=O)C(C(N)=O)(c1c(Cl)cc(N)cc1Cl)N1CCN(CCCCC(c2ccc(F)cc2)c2ccc(F)cc2)CC1. The van der Waals surface area contributed by atoms with Gasteiger partial charge in [0.25, 0.3) is 11.8 Å². The van der Waals surface area contributed by atoms with Crippen molar-refractivity contribution in [1.82, 2.24) is 9.80 Å². The second-order valence-corrected chi connectivity index (χ2v) is 11.1. The lowest BCUT2D eigenvalue weighted by atomic mass is 9.85. The fourth-order valence-corrected chi connectivity index (χ4v) is 6.46. The Labute approximate surface area is 248 Å². The average Bonchev–Trinajstić information content (AvgIpc) is 2.92. The summed E-state index contributed by atoms with van der Waals surface area (Å²) in [5, 5.41) is 0.0683. The fourth-order valence-electron chi connectivity index (χ4n) is 5.68. The summed E-state index contributed by atoms with van der Waals surface area (Å²) in [6, 6.07) is 15.6. The molecule has 0 spiro atoms. The molecule has 1 aliphatic rings. The van der Waals surface area contributed by atoms with Crippen molar-refractivity contribution < 1.29 is 18.4 Å². The number of carbonyl (C=O) groups excluding carboxylic acids is 2. The third-order valence-corrected chi connectivity index (χ3v) is 8.34. The number of nitrogens with two attached hydrogens (primary N) is 3. The zero-order valence-corrected chi connectivity index (χ0v) is 24.0. The molecule has 2 amide bonds. The summed E-state index contributed by atoms with van der Waals surface area (Å²) in [5.74, 6) is -2.51. The summed E-state index contributed by atoms with van der Waals surface area (Å²) in [4.78, 5) is 29.6. The lowest BCUT2D eigenvalue weighted by Crippen LogP contribution is -2.66. The van der Waals surface area contributed by atoms with Crippen molar-refractivity contribution in [3.63, 3.8) is 0 Å². The molecule has 0 radical (unpaired) electrons. The number of unbranched alkanes of at least 4 members (excludes halogenated alkanes) is 1. The van der Waals surface area contributed by atoms with Crippen LogP contribution >= 0.6 is 23.2 Å². The predicted octanol–water partition coefficient (Wildman–Crippen LogP) is 4.64. The summed E-state index contributed by atoms with van der Waals surface area (Å²) in [5.41, 5.74) is 17.7. The van der Waals surface area contributed by atoms with Crippen LogP contribution in [0, 0.1) is 11.6 Å². The highest BCUT2D eigenvalue weighted by atomic mass is 35.5. The Morgan fingerprint density at radius 1 is 0.805 bits per heavy atom. The first-order valence-corrected chi connectivity index (χ1v) is 14.1. The zero-order chi connectivity index (χ0) is 29.7. The Balaban J connectivity index is 1.40. The van der Waals surface area contributed by atoms with Crippen molar-refractivity contribution in [2.45, 2.75) is 30.7 Å². The molecule has 6 N–H and O–H groups in total. The largest absolute Gasteiger partial charge is 0.399 e. The first-order valence-electron chi connectivity index (χ1n) is 13.4. The monoisotopic (exact) mass is 603 g/mol. The van der Waals surface area contributed by atoms with Crippen LogP contribution in [0.25, 0.3) is 0 Å². The summed E-state index contributed by atoms with van der Waals surface area (Å²) >= 11 is 12.8. The molecule has 1 aliphatic heterocycles. The molecule has 0 unspecified atom stereocenters. The number of nitrogen functional groups attached to an aromatic ring is 1. The highest BCUT2D eigenvalue weighted by molar-refractivity contribution is 6.38. The Hall–Kier alpha value is -3.24. The number of nitrogens with zero attached hydrogens (tertiary/aromatic N) is 2. The Morgan fingerprint density at radius 3 is 1.71 bits per heavy atom. The van der Waals surface area contributed by atoms with Crippen molar-refractivity contribution >= 4 is 40.7 Å². The van der Waals surface area contributed by atoms with Gasteiger partial charge in [0.2, 0.25) is 5.54 Å². The molecule has 11 heteroatoms. The number of rotatable bonds is 11. The molecule has 0 aromatic heterocycles. The van der Waals surface area contributed by atoms with E-state index in [0.717, 1.165) is 36.9 Å². The first-order chi connectivity index (χ1) is 19.5. The molecule has 1 heterocycles. The minimum absolute atomic E-state index is 0.00852. The predicted molar refractivity (Wildman–Crippen MR) is 157 cm³/mol. The smallest absolute Gasteiger partial charge is 0.252 e. The maximum atomic E-state index is 13.5. The summed E-state index contributed by atoms with van der Waals surface area (Å²) in [7, 11) is 0. The maximum absolute atomic E-state index is 13.5. The van der Waals surface area contributed by atoms with E-state index in [1.165, 1.54) is 36.4 Å². The molecule has 4 rings (SSSR count). The number of carbonyl (C=O) groups is 2. The molecular formula is C30H33Cl2F2N5O2. The second kappa shape index (κ2) is 13.2. The Bertz CT molecular complexity index is 1300. The van der Waals surface area contributed by atoms with Crippen LogP contribution in [0.15, 0.2) is 60.7 Å². The molecule has 0 atom stereocenters. The molecular weight excluding hydrogens is 571 g/mol. The van der Waals surface area contributed by atoms with E-state index < -0.39 is 17.4 Å². The van der Waals surface area contributed by atoms with Crippen molar-refractivity contribution in [2.24, 2.45) is 11.5 Å². The average molecular weight is 605 g/mol. The van der Waals surface area contributed by atoms with Gasteiger partial charge in [0.1, 0.15) is 11.6 Å². The van der Waals surface area contributed by atoms with Crippen LogP contribution in [0.4, 0.5) is 14.5 Å². The third-order valence-electron chi connectivity index (χ3n) is 7.75. The number of hydrogen-bond donors (Lipinski definition) is 3. The first kappa shape index (κ1) is 30.7. The number of benzene rings is 3. The van der Waals surface area contributed by atoms with Crippen molar-refractivity contribution in [1.29, 1.82) is 0 Å². The van der Waals surface area contributed by atoms with Crippen molar-refractivity contribution in [3.05, 3.63) is 99.0 Å². The van der Waals surface area contributed by atoms with Crippen LogP contribution in [-0.2, 0) is 15.1 Å². The third kappa shape index (κ3) is 6.64. The van der Waals surface area contributed by atoms with Crippen LogP contribution in [-0.4, -0.2) is 54.3 Å². The maximum Gasteiger partial charge on any atom is 0.252 e. The number of piperazine rings is 1. The normalized spacial score (nSPS) is 14.9. The van der Waals surface area contributed by atoms with E-state index in [1.807, 2.05) is 0 Å². The van der Waals surface area contributed by atoms with Crippen LogP contribution in [0.3, 0.4) is 0 Å². The van der Waals surface area contributed by atoms with Gasteiger partial charge in [-0.25, -0.2) is 8.78 Å². The molecule has 0 aliphatic carbocycles. The molecule has 3 aromatic carbocycles. The van der Waals surface area contributed by atoms with E-state index in [2.05, 4.69) is 4.90 Å². The zero-order valence-electron chi connectivity index (χ0n) is 22.5. The van der Waals surface area contributed by atoms with Gasteiger partial charge < -0.3 is 22.1 Å². The van der Waals surface area contributed by atoms with Gasteiger partial charge in [-0.15, -0.1) is 0 Å². The van der Waals surface area contributed by atoms with E-state index in [-0.39, 0.29) is 38.8 Å². The van der Waals surface area contributed by atoms with Gasteiger partial charge in [0.05, 0.1) is 10.0 Å². The number of amides is 2. The molecule has 0 bridgehead atoms. The second-order valence-electron chi connectivity index (χ2n) is 10.3. The molecule has 41 heavy (non-hydrogen) atoms. The standard InChI is InChI=1S/C30H33Cl2F2N5O2/c31-25-17-23(35)18-26(32)27(25)30(28(36)40,29(37)41)39-15-13-38(14-16-39)12-2-1-3-24(19-4-8-21(33)9-5-19)20-6-10-22(34)11-7-20/h4-11,17-18,24H,1-3,12-16,35H2,(H2,36,40)(H2,37,41). The highest BCUT2D eigenvalue weighted by Gasteiger charge is 2.53. The van der Waals surface area contributed by atoms with Crippen molar-refractivity contribution in [3.8, 4) is 0 Å². The fraction of sp³-hybridized carbons (Fsp3) is 0.333. The molecule has 0 saturated carbocycles. The van der Waals surface area contributed by atoms with Crippen LogP contribution in [0.5, 0.6) is 0 Å². The lowest BCUT2D eigenvalue weighted by Gasteiger charge is -2.44. The van der Waals surface area contributed by atoms with E-state index in [1.54, 1.807) is 29.2 Å². The van der Waals surface area contributed by atoms with E-state index in [4.69, 9.17) is 40.4 Å². The number of anilines is 1. The molecule has 1 fully saturated rings. The van der Waals surface area contributed by atoms with Crippen LogP contribution in [0.1, 0.15) is 41.9 Å². The Kier molecular flexibility index (Phi) is 9.86. The van der Waals surface area contributed by atoms with Crippen LogP contribution < -0.4 is 17.2 Å². The van der Waals surface area contributed by atoms with Gasteiger partial charge in [-0.3, -0.25) is 14.5 Å². The number of halogens is 4. The quantitative estimate of drug-likeness (QED) is 0.168. The van der Waals surface area contributed by atoms with Gasteiger partial charge in [-0.05, 0) is 66.9 Å². The highest BCUT2D eigenvalue weighted by Crippen LogP contribution is 2.40. The molecule has 218 valence electrons. The molecule has 3 aromatic rings. The summed E-state index contributed by atoms with van der Waals surface area (Å²) in [6.45, 7) is 2.57. The van der Waals surface area contributed by atoms with E-state index in [9.17, 15) is 18.4 Å². The molecule has 7 nitrogen and oxygen atoms in total. The van der Waals surface area contributed by atoms with E-state index >= 15 is 0 Å². The minimum atomic E-state index is -2.02. The van der Waals surface area contributed by atoms with Crippen molar-refractivity contribution in [2.75, 3.05) is 38.5 Å². The van der Waals surface area contributed by atoms with Crippen LogP contribution in [0.2, 0.25) is 10.0 Å².